The first kappa shape index (κ1) is 22.1. The Hall–Kier alpha value is -3.67. The molecule has 0 saturated carbocycles. The highest BCUT2D eigenvalue weighted by molar-refractivity contribution is 5.82. The fraction of sp³-hybridized carbons (Fsp3) is 0.321. The van der Waals surface area contributed by atoms with E-state index in [9.17, 15) is 4.79 Å². The van der Waals surface area contributed by atoms with E-state index in [4.69, 9.17) is 9.47 Å². The Bertz CT molecular complexity index is 1130. The number of amides is 1. The van der Waals surface area contributed by atoms with E-state index in [1.165, 1.54) is 11.3 Å². The molecule has 2 atom stereocenters. The summed E-state index contributed by atoms with van der Waals surface area (Å²) in [4.78, 5) is 18.3. The number of ether oxygens (including phenoxy) is 2. The zero-order valence-corrected chi connectivity index (χ0v) is 19.7. The van der Waals surface area contributed by atoms with Crippen LogP contribution in [0.5, 0.6) is 11.5 Å². The molecule has 176 valence electrons. The van der Waals surface area contributed by atoms with Crippen molar-refractivity contribution in [1.82, 2.24) is 5.32 Å². The van der Waals surface area contributed by atoms with Gasteiger partial charge < -0.3 is 24.6 Å². The summed E-state index contributed by atoms with van der Waals surface area (Å²) in [5.74, 6) is 1.67. The minimum absolute atomic E-state index is 0.0752. The first-order valence-electron chi connectivity index (χ1n) is 11.8. The SMILES string of the molecule is COc1ccc(N2CCN3c4cc(OC)ccc4C[C@@H](C(=O)NCc4ccccc4)[C@@H]3C2)cc1. The van der Waals surface area contributed by atoms with Gasteiger partial charge >= 0.3 is 0 Å². The number of piperazine rings is 1. The molecule has 34 heavy (non-hydrogen) atoms. The van der Waals surface area contributed by atoms with Gasteiger partial charge in [0.25, 0.3) is 0 Å². The van der Waals surface area contributed by atoms with Gasteiger partial charge in [-0.3, -0.25) is 4.79 Å². The molecule has 0 unspecified atom stereocenters. The fourth-order valence-corrected chi connectivity index (χ4v) is 5.15. The highest BCUT2D eigenvalue weighted by Crippen LogP contribution is 2.39. The number of anilines is 2. The highest BCUT2D eigenvalue weighted by Gasteiger charge is 2.41. The first-order valence-corrected chi connectivity index (χ1v) is 11.8. The van der Waals surface area contributed by atoms with Crippen molar-refractivity contribution in [2.24, 2.45) is 5.92 Å². The standard InChI is InChI=1S/C28H31N3O3/c1-33-23-12-9-22(10-13-23)30-14-15-31-26-17-24(34-2)11-8-21(26)16-25(27(31)19-30)28(32)29-18-20-6-4-3-5-7-20/h3-13,17,25,27H,14-16,18-19H2,1-2H3,(H,29,32)/t25-,27+/m1/s1. The Morgan fingerprint density at radius 3 is 2.41 bits per heavy atom. The predicted molar refractivity (Wildman–Crippen MR) is 135 cm³/mol. The molecule has 1 fully saturated rings. The summed E-state index contributed by atoms with van der Waals surface area (Å²) in [6.07, 6.45) is 0.720. The largest absolute Gasteiger partial charge is 0.497 e. The van der Waals surface area contributed by atoms with Crippen LogP contribution >= 0.6 is 0 Å². The lowest BCUT2D eigenvalue weighted by atomic mass is 9.83. The molecule has 0 aliphatic carbocycles. The Morgan fingerprint density at radius 1 is 0.941 bits per heavy atom. The molecular formula is C28H31N3O3. The highest BCUT2D eigenvalue weighted by atomic mass is 16.5. The van der Waals surface area contributed by atoms with Crippen LogP contribution in [0.4, 0.5) is 11.4 Å². The summed E-state index contributed by atoms with van der Waals surface area (Å²) in [5, 5.41) is 3.20. The summed E-state index contributed by atoms with van der Waals surface area (Å²) in [5.41, 5.74) is 4.65. The van der Waals surface area contributed by atoms with Crippen LogP contribution in [0.25, 0.3) is 0 Å². The minimum Gasteiger partial charge on any atom is -0.497 e. The van der Waals surface area contributed by atoms with Crippen molar-refractivity contribution in [3.05, 3.63) is 83.9 Å². The molecule has 3 aromatic rings. The molecule has 6 heteroatoms. The van der Waals surface area contributed by atoms with Crippen molar-refractivity contribution in [1.29, 1.82) is 0 Å². The van der Waals surface area contributed by atoms with E-state index < -0.39 is 0 Å². The van der Waals surface area contributed by atoms with Crippen LogP contribution in [0.3, 0.4) is 0 Å². The third kappa shape index (κ3) is 4.40. The Balaban J connectivity index is 1.41. The van der Waals surface area contributed by atoms with E-state index in [2.05, 4.69) is 39.4 Å². The Kier molecular flexibility index (Phi) is 6.30. The zero-order chi connectivity index (χ0) is 23.5. The first-order chi connectivity index (χ1) is 16.7. The van der Waals surface area contributed by atoms with Crippen LogP contribution in [-0.2, 0) is 17.8 Å². The molecular weight excluding hydrogens is 426 g/mol. The molecule has 0 aromatic heterocycles. The average molecular weight is 458 g/mol. The van der Waals surface area contributed by atoms with Gasteiger partial charge in [-0.1, -0.05) is 36.4 Å². The van der Waals surface area contributed by atoms with Crippen molar-refractivity contribution in [3.8, 4) is 11.5 Å². The van der Waals surface area contributed by atoms with Gasteiger partial charge in [0.2, 0.25) is 5.91 Å². The van der Waals surface area contributed by atoms with E-state index in [0.29, 0.717) is 6.54 Å². The molecule has 3 aromatic carbocycles. The van der Waals surface area contributed by atoms with Gasteiger partial charge in [0.05, 0.1) is 26.2 Å². The van der Waals surface area contributed by atoms with Gasteiger partial charge in [0.1, 0.15) is 11.5 Å². The summed E-state index contributed by atoms with van der Waals surface area (Å²) in [7, 11) is 3.38. The van der Waals surface area contributed by atoms with E-state index in [1.54, 1.807) is 14.2 Å². The monoisotopic (exact) mass is 457 g/mol. The molecule has 0 bridgehead atoms. The lowest BCUT2D eigenvalue weighted by Crippen LogP contribution is -2.61. The quantitative estimate of drug-likeness (QED) is 0.609. The second kappa shape index (κ2) is 9.67. The Labute approximate surface area is 201 Å². The average Bonchev–Trinajstić information content (AvgIpc) is 2.91. The number of nitrogens with one attached hydrogen (secondary N) is 1. The number of methoxy groups -OCH3 is 2. The van der Waals surface area contributed by atoms with Gasteiger partial charge in [0, 0.05) is 43.6 Å². The summed E-state index contributed by atoms with van der Waals surface area (Å²) < 4.78 is 10.8. The fourth-order valence-electron chi connectivity index (χ4n) is 5.15. The van der Waals surface area contributed by atoms with Crippen molar-refractivity contribution >= 4 is 17.3 Å². The molecule has 1 saturated heterocycles. The Morgan fingerprint density at radius 2 is 1.68 bits per heavy atom. The maximum atomic E-state index is 13.5. The van der Waals surface area contributed by atoms with Gasteiger partial charge in [-0.05, 0) is 47.9 Å². The second-order valence-electron chi connectivity index (χ2n) is 8.91. The summed E-state index contributed by atoms with van der Waals surface area (Å²) in [6.45, 7) is 3.06. The smallest absolute Gasteiger partial charge is 0.225 e. The molecule has 1 amide bonds. The van der Waals surface area contributed by atoms with Crippen LogP contribution in [0.1, 0.15) is 11.1 Å². The molecule has 2 aliphatic rings. The van der Waals surface area contributed by atoms with Crippen molar-refractivity contribution < 1.29 is 14.3 Å². The van der Waals surface area contributed by atoms with Crippen LogP contribution in [-0.4, -0.2) is 45.8 Å². The molecule has 5 rings (SSSR count). The van der Waals surface area contributed by atoms with E-state index >= 15 is 0 Å². The van der Waals surface area contributed by atoms with Gasteiger partial charge in [-0.2, -0.15) is 0 Å². The topological polar surface area (TPSA) is 54.0 Å². The van der Waals surface area contributed by atoms with E-state index in [-0.39, 0.29) is 17.9 Å². The number of fused-ring (bicyclic) bond motifs is 3. The molecule has 2 aliphatic heterocycles. The third-order valence-electron chi connectivity index (χ3n) is 7.01. The van der Waals surface area contributed by atoms with Crippen LogP contribution < -0.4 is 24.6 Å². The normalized spacial score (nSPS) is 19.1. The summed E-state index contributed by atoms with van der Waals surface area (Å²) in [6, 6.07) is 24.5. The van der Waals surface area contributed by atoms with Crippen molar-refractivity contribution in [2.45, 2.75) is 19.0 Å². The number of carbonyl (C=O) groups excluding carboxylic acids is 1. The van der Waals surface area contributed by atoms with Crippen LogP contribution in [0, 0.1) is 5.92 Å². The second-order valence-corrected chi connectivity index (χ2v) is 8.91. The number of benzene rings is 3. The van der Waals surface area contributed by atoms with Gasteiger partial charge in [-0.25, -0.2) is 0 Å². The molecule has 2 heterocycles. The van der Waals surface area contributed by atoms with E-state index in [0.717, 1.165) is 48.8 Å². The third-order valence-corrected chi connectivity index (χ3v) is 7.01. The molecule has 0 radical (unpaired) electrons. The summed E-state index contributed by atoms with van der Waals surface area (Å²) >= 11 is 0. The maximum absolute atomic E-state index is 13.5. The van der Waals surface area contributed by atoms with Crippen molar-refractivity contribution in [3.63, 3.8) is 0 Å². The predicted octanol–water partition coefficient (Wildman–Crippen LogP) is 3.89. The number of nitrogens with zero attached hydrogens (tertiary/aromatic N) is 2. The van der Waals surface area contributed by atoms with Gasteiger partial charge in [-0.15, -0.1) is 0 Å². The van der Waals surface area contributed by atoms with Crippen LogP contribution in [0.2, 0.25) is 0 Å². The van der Waals surface area contributed by atoms with Crippen molar-refractivity contribution in [2.75, 3.05) is 43.7 Å². The zero-order valence-electron chi connectivity index (χ0n) is 19.7. The number of hydrogen-bond donors (Lipinski definition) is 1. The van der Waals surface area contributed by atoms with Crippen LogP contribution in [0.15, 0.2) is 72.8 Å². The lowest BCUT2D eigenvalue weighted by molar-refractivity contribution is -0.126. The lowest BCUT2D eigenvalue weighted by Gasteiger charge is -2.49. The molecule has 0 spiro atoms. The van der Waals surface area contributed by atoms with Gasteiger partial charge in [0.15, 0.2) is 0 Å². The number of hydrogen-bond acceptors (Lipinski definition) is 5. The molecule has 6 nitrogen and oxygen atoms in total. The number of rotatable bonds is 6. The number of carbonyl (C=O) groups is 1. The molecule has 1 N–H and O–H groups in total. The minimum atomic E-state index is -0.134. The maximum Gasteiger partial charge on any atom is 0.225 e. The van der Waals surface area contributed by atoms with E-state index in [1.807, 2.05) is 48.5 Å².